The molecule has 0 bridgehead atoms. The van der Waals surface area contributed by atoms with Crippen LogP contribution in [0.15, 0.2) is 41.6 Å². The molecule has 0 atom stereocenters. The van der Waals surface area contributed by atoms with E-state index in [0.717, 1.165) is 22.6 Å². The third kappa shape index (κ3) is 4.67. The molecule has 0 aliphatic carbocycles. The van der Waals surface area contributed by atoms with Gasteiger partial charge in [0.15, 0.2) is 11.0 Å². The van der Waals surface area contributed by atoms with Crippen molar-refractivity contribution in [3.05, 3.63) is 59.3 Å². The van der Waals surface area contributed by atoms with E-state index >= 15 is 0 Å². The summed E-state index contributed by atoms with van der Waals surface area (Å²) in [6.07, 6.45) is 0. The van der Waals surface area contributed by atoms with Gasteiger partial charge in [0.1, 0.15) is 11.6 Å². The van der Waals surface area contributed by atoms with Crippen LogP contribution >= 0.6 is 11.8 Å². The Kier molecular flexibility index (Phi) is 5.99. The van der Waals surface area contributed by atoms with Crippen LogP contribution in [-0.2, 0) is 11.8 Å². The Bertz CT molecular complexity index is 1260. The van der Waals surface area contributed by atoms with Crippen LogP contribution in [0.5, 0.6) is 0 Å². The van der Waals surface area contributed by atoms with Gasteiger partial charge in [-0.1, -0.05) is 11.8 Å². The second-order valence-corrected chi connectivity index (χ2v) is 8.18. The summed E-state index contributed by atoms with van der Waals surface area (Å²) in [5.74, 6) is 1.05. The van der Waals surface area contributed by atoms with Crippen molar-refractivity contribution in [1.82, 2.24) is 34.5 Å². The molecule has 4 rings (SSSR count). The number of halogens is 1. The van der Waals surface area contributed by atoms with Crippen molar-refractivity contribution in [1.29, 1.82) is 0 Å². The van der Waals surface area contributed by atoms with Crippen molar-refractivity contribution >= 4 is 23.5 Å². The highest BCUT2D eigenvalue weighted by molar-refractivity contribution is 7.99. The van der Waals surface area contributed by atoms with Gasteiger partial charge in [-0.2, -0.15) is 9.78 Å². The van der Waals surface area contributed by atoms with Gasteiger partial charge >= 0.3 is 0 Å². The molecule has 3 aromatic heterocycles. The molecule has 0 aliphatic heterocycles. The van der Waals surface area contributed by atoms with E-state index in [0.29, 0.717) is 22.7 Å². The predicted molar refractivity (Wildman–Crippen MR) is 119 cm³/mol. The van der Waals surface area contributed by atoms with Crippen molar-refractivity contribution in [2.45, 2.75) is 25.9 Å². The molecule has 0 saturated heterocycles. The highest BCUT2D eigenvalue weighted by Crippen LogP contribution is 2.23. The fourth-order valence-corrected chi connectivity index (χ4v) is 3.85. The number of hydrogen-bond acceptors (Lipinski definition) is 7. The number of hydrogen-bond donors (Lipinski definition) is 1. The van der Waals surface area contributed by atoms with Crippen molar-refractivity contribution in [2.75, 3.05) is 11.1 Å². The number of aryl methyl sites for hydroxylation is 3. The van der Waals surface area contributed by atoms with Crippen LogP contribution in [0.4, 0.5) is 10.2 Å². The quantitative estimate of drug-likeness (QED) is 0.448. The number of benzene rings is 1. The zero-order chi connectivity index (χ0) is 22.8. The van der Waals surface area contributed by atoms with Crippen LogP contribution in [0.1, 0.15) is 17.1 Å². The van der Waals surface area contributed by atoms with E-state index < -0.39 is 0 Å². The standard InChI is InChI=1S/C21H21FN8OS/c1-12-9-13(2)24-20(23-12)30-17(10-14(3)28-30)25-18(31)11-32-21-27-26-19(29(21)4)15-5-7-16(22)8-6-15/h5-10H,11H2,1-4H3,(H,25,31). The van der Waals surface area contributed by atoms with Crippen LogP contribution < -0.4 is 5.32 Å². The van der Waals surface area contributed by atoms with Crippen LogP contribution in [0.3, 0.4) is 0 Å². The van der Waals surface area contributed by atoms with Crippen LogP contribution in [-0.4, -0.2) is 46.2 Å². The number of anilines is 1. The lowest BCUT2D eigenvalue weighted by molar-refractivity contribution is -0.113. The SMILES string of the molecule is Cc1cc(C)nc(-n2nc(C)cc2NC(=O)CSc2nnc(-c3ccc(F)cc3)n2C)n1. The number of aromatic nitrogens is 7. The van der Waals surface area contributed by atoms with Gasteiger partial charge in [-0.3, -0.25) is 4.79 Å². The van der Waals surface area contributed by atoms with E-state index in [1.165, 1.54) is 28.6 Å². The Morgan fingerprint density at radius 1 is 1.03 bits per heavy atom. The second-order valence-electron chi connectivity index (χ2n) is 7.24. The topological polar surface area (TPSA) is 103 Å². The fourth-order valence-electron chi connectivity index (χ4n) is 3.14. The molecular weight excluding hydrogens is 431 g/mol. The summed E-state index contributed by atoms with van der Waals surface area (Å²) in [5.41, 5.74) is 3.10. The maximum atomic E-state index is 13.2. The normalized spacial score (nSPS) is 11.0. The highest BCUT2D eigenvalue weighted by Gasteiger charge is 2.16. The van der Waals surface area contributed by atoms with Gasteiger partial charge in [-0.25, -0.2) is 14.4 Å². The van der Waals surface area contributed by atoms with E-state index in [9.17, 15) is 9.18 Å². The Balaban J connectivity index is 1.46. The minimum absolute atomic E-state index is 0.118. The minimum atomic E-state index is -0.317. The number of amides is 1. The molecule has 3 heterocycles. The molecule has 1 aromatic carbocycles. The van der Waals surface area contributed by atoms with E-state index in [-0.39, 0.29) is 17.5 Å². The van der Waals surface area contributed by atoms with Gasteiger partial charge in [0.2, 0.25) is 5.91 Å². The summed E-state index contributed by atoms with van der Waals surface area (Å²) >= 11 is 1.25. The number of carbonyl (C=O) groups is 1. The van der Waals surface area contributed by atoms with Crippen molar-refractivity contribution < 1.29 is 9.18 Å². The molecule has 1 N–H and O–H groups in total. The smallest absolute Gasteiger partial charge is 0.252 e. The average Bonchev–Trinajstić information content (AvgIpc) is 3.28. The lowest BCUT2D eigenvalue weighted by Gasteiger charge is -2.09. The maximum absolute atomic E-state index is 13.2. The molecule has 0 fully saturated rings. The van der Waals surface area contributed by atoms with Crippen molar-refractivity contribution in [2.24, 2.45) is 7.05 Å². The van der Waals surface area contributed by atoms with Crippen LogP contribution in [0.2, 0.25) is 0 Å². The molecule has 0 radical (unpaired) electrons. The summed E-state index contributed by atoms with van der Waals surface area (Å²) in [4.78, 5) is 21.5. The van der Waals surface area contributed by atoms with Gasteiger partial charge in [-0.15, -0.1) is 10.2 Å². The van der Waals surface area contributed by atoms with Gasteiger partial charge in [-0.05, 0) is 51.1 Å². The number of carbonyl (C=O) groups excluding carboxylic acids is 1. The van der Waals surface area contributed by atoms with Crippen LogP contribution in [0.25, 0.3) is 17.3 Å². The molecule has 11 heteroatoms. The Hall–Kier alpha value is -3.60. The third-order valence-corrected chi connectivity index (χ3v) is 5.55. The second kappa shape index (κ2) is 8.87. The summed E-state index contributed by atoms with van der Waals surface area (Å²) in [6, 6.07) is 9.65. The summed E-state index contributed by atoms with van der Waals surface area (Å²) < 4.78 is 16.5. The molecule has 0 spiro atoms. The van der Waals surface area contributed by atoms with E-state index in [2.05, 4.69) is 30.6 Å². The molecule has 9 nitrogen and oxygen atoms in total. The Labute approximate surface area is 188 Å². The van der Waals surface area contributed by atoms with E-state index in [1.807, 2.05) is 26.8 Å². The van der Waals surface area contributed by atoms with E-state index in [4.69, 9.17) is 0 Å². The van der Waals surface area contributed by atoms with Crippen molar-refractivity contribution in [3.8, 4) is 17.3 Å². The first-order valence-electron chi connectivity index (χ1n) is 9.77. The molecule has 0 aliphatic rings. The summed E-state index contributed by atoms with van der Waals surface area (Å²) in [7, 11) is 1.80. The third-order valence-electron chi connectivity index (χ3n) is 4.53. The molecule has 32 heavy (non-hydrogen) atoms. The lowest BCUT2D eigenvalue weighted by Crippen LogP contribution is -2.18. The van der Waals surface area contributed by atoms with Crippen LogP contribution in [0, 0.1) is 26.6 Å². The molecule has 4 aromatic rings. The van der Waals surface area contributed by atoms with Gasteiger partial charge in [0, 0.05) is 30.1 Å². The summed E-state index contributed by atoms with van der Waals surface area (Å²) in [5, 5.41) is 16.1. The molecule has 0 saturated carbocycles. The summed E-state index contributed by atoms with van der Waals surface area (Å²) in [6.45, 7) is 5.59. The average molecular weight is 453 g/mol. The maximum Gasteiger partial charge on any atom is 0.252 e. The first-order chi connectivity index (χ1) is 15.3. The minimum Gasteiger partial charge on any atom is -0.310 e. The first-order valence-corrected chi connectivity index (χ1v) is 10.8. The fraction of sp³-hybridized carbons (Fsp3) is 0.238. The monoisotopic (exact) mass is 452 g/mol. The van der Waals surface area contributed by atoms with Gasteiger partial charge in [0.25, 0.3) is 5.95 Å². The Morgan fingerprint density at radius 2 is 1.72 bits per heavy atom. The molecule has 0 unspecified atom stereocenters. The van der Waals surface area contributed by atoms with Gasteiger partial charge < -0.3 is 9.88 Å². The highest BCUT2D eigenvalue weighted by atomic mass is 32.2. The molecular formula is C21H21FN8OS. The van der Waals surface area contributed by atoms with Crippen molar-refractivity contribution in [3.63, 3.8) is 0 Å². The Morgan fingerprint density at radius 3 is 2.41 bits per heavy atom. The number of thioether (sulfide) groups is 1. The molecule has 164 valence electrons. The number of rotatable bonds is 6. The zero-order valence-electron chi connectivity index (χ0n) is 18.0. The lowest BCUT2D eigenvalue weighted by atomic mass is 10.2. The van der Waals surface area contributed by atoms with E-state index in [1.54, 1.807) is 29.8 Å². The number of nitrogens with one attached hydrogen (secondary N) is 1. The van der Waals surface area contributed by atoms with Gasteiger partial charge in [0.05, 0.1) is 11.4 Å². The molecule has 1 amide bonds. The first kappa shape index (κ1) is 21.6. The largest absolute Gasteiger partial charge is 0.310 e. The number of nitrogens with zero attached hydrogens (tertiary/aromatic N) is 7. The zero-order valence-corrected chi connectivity index (χ0v) is 18.8. The predicted octanol–water partition coefficient (Wildman–Crippen LogP) is 3.25.